The maximum Gasteiger partial charge on any atom is 0.246 e. The summed E-state index contributed by atoms with van der Waals surface area (Å²) >= 11 is 0. The van der Waals surface area contributed by atoms with Crippen molar-refractivity contribution in [3.63, 3.8) is 0 Å². The monoisotopic (exact) mass is 437 g/mol. The summed E-state index contributed by atoms with van der Waals surface area (Å²) in [7, 11) is -3.49. The van der Waals surface area contributed by atoms with E-state index in [2.05, 4.69) is 5.32 Å². The quantitative estimate of drug-likeness (QED) is 0.604. The van der Waals surface area contributed by atoms with Crippen LogP contribution >= 0.6 is 0 Å². The maximum absolute atomic E-state index is 13.0. The van der Waals surface area contributed by atoms with Crippen LogP contribution in [0, 0.1) is 0 Å². The van der Waals surface area contributed by atoms with E-state index < -0.39 is 10.0 Å². The van der Waals surface area contributed by atoms with Gasteiger partial charge in [0.1, 0.15) is 0 Å². The first-order valence-corrected chi connectivity index (χ1v) is 12.1. The number of benzene rings is 3. The predicted octanol–water partition coefficient (Wildman–Crippen LogP) is 4.09. The highest BCUT2D eigenvalue weighted by atomic mass is 32.2. The molecule has 0 atom stereocenters. The van der Waals surface area contributed by atoms with Gasteiger partial charge in [0.25, 0.3) is 0 Å². The van der Waals surface area contributed by atoms with Gasteiger partial charge < -0.3 is 10.2 Å². The van der Waals surface area contributed by atoms with Crippen LogP contribution in [0.1, 0.15) is 19.8 Å². The third-order valence-electron chi connectivity index (χ3n) is 5.66. The number of sulfonamides is 1. The van der Waals surface area contributed by atoms with Crippen LogP contribution in [-0.2, 0) is 14.8 Å². The summed E-state index contributed by atoms with van der Waals surface area (Å²) in [4.78, 5) is 15.0. The molecule has 0 spiro atoms. The number of carbonyl (C=O) groups excluding carboxylic acids is 1. The highest BCUT2D eigenvalue weighted by Crippen LogP contribution is 2.27. The minimum absolute atomic E-state index is 0.0737. The summed E-state index contributed by atoms with van der Waals surface area (Å²) in [6, 6.07) is 20.6. The van der Waals surface area contributed by atoms with Gasteiger partial charge in [-0.2, -0.15) is 4.31 Å². The van der Waals surface area contributed by atoms with Crippen LogP contribution in [0.5, 0.6) is 0 Å². The molecule has 3 aromatic rings. The highest BCUT2D eigenvalue weighted by Gasteiger charge is 2.27. The normalized spacial score (nSPS) is 14.6. The first-order chi connectivity index (χ1) is 15.0. The second-order valence-electron chi connectivity index (χ2n) is 7.63. The van der Waals surface area contributed by atoms with E-state index in [1.807, 2.05) is 49.4 Å². The lowest BCUT2D eigenvalue weighted by atomic mass is 10.1. The van der Waals surface area contributed by atoms with Gasteiger partial charge in [0.05, 0.1) is 17.1 Å². The third kappa shape index (κ3) is 4.43. The van der Waals surface area contributed by atoms with Crippen molar-refractivity contribution in [2.75, 3.05) is 36.4 Å². The minimum atomic E-state index is -3.49. The molecular formula is C24H27N3O3S. The highest BCUT2D eigenvalue weighted by molar-refractivity contribution is 7.89. The molecule has 0 radical (unpaired) electrons. The summed E-state index contributed by atoms with van der Waals surface area (Å²) in [5, 5.41) is 5.22. The SMILES string of the molecule is CCN(C(=O)CNc1cccc(S(=O)(=O)N2CCCC2)c1)c1cccc2ccccc12. The average Bonchev–Trinajstić information content (AvgIpc) is 3.35. The van der Waals surface area contributed by atoms with Crippen molar-refractivity contribution in [2.24, 2.45) is 0 Å². The van der Waals surface area contributed by atoms with E-state index in [1.54, 1.807) is 29.2 Å². The Morgan fingerprint density at radius 3 is 2.48 bits per heavy atom. The van der Waals surface area contributed by atoms with Crippen molar-refractivity contribution in [3.8, 4) is 0 Å². The molecule has 162 valence electrons. The minimum Gasteiger partial charge on any atom is -0.376 e. The zero-order chi connectivity index (χ0) is 21.8. The van der Waals surface area contributed by atoms with Crippen LogP contribution in [0.15, 0.2) is 71.6 Å². The average molecular weight is 438 g/mol. The smallest absolute Gasteiger partial charge is 0.246 e. The van der Waals surface area contributed by atoms with E-state index in [9.17, 15) is 13.2 Å². The largest absolute Gasteiger partial charge is 0.376 e. The standard InChI is InChI=1S/C24H27N3O3S/c1-2-27(23-14-7-10-19-9-3-4-13-22(19)23)24(28)18-25-20-11-8-12-21(17-20)31(29,30)26-15-5-6-16-26/h3-4,7-14,17,25H,2,5-6,15-16,18H2,1H3. The Kier molecular flexibility index (Phi) is 6.25. The number of hydrogen-bond acceptors (Lipinski definition) is 4. The number of carbonyl (C=O) groups is 1. The predicted molar refractivity (Wildman–Crippen MR) is 125 cm³/mol. The molecule has 0 unspecified atom stereocenters. The summed E-state index contributed by atoms with van der Waals surface area (Å²) in [6.45, 7) is 3.69. The Morgan fingerprint density at radius 1 is 1.00 bits per heavy atom. The maximum atomic E-state index is 13.0. The fourth-order valence-electron chi connectivity index (χ4n) is 4.04. The van der Waals surface area contributed by atoms with Gasteiger partial charge in [0.15, 0.2) is 0 Å². The topological polar surface area (TPSA) is 69.7 Å². The van der Waals surface area contributed by atoms with E-state index in [4.69, 9.17) is 0 Å². The van der Waals surface area contributed by atoms with Crippen molar-refractivity contribution >= 4 is 38.1 Å². The Bertz CT molecular complexity index is 1180. The molecule has 0 aromatic heterocycles. The van der Waals surface area contributed by atoms with E-state index in [0.29, 0.717) is 25.3 Å². The summed E-state index contributed by atoms with van der Waals surface area (Å²) < 4.78 is 27.1. The fourth-order valence-corrected chi connectivity index (χ4v) is 5.61. The molecule has 6 nitrogen and oxygen atoms in total. The molecule has 3 aromatic carbocycles. The molecule has 0 aliphatic carbocycles. The lowest BCUT2D eigenvalue weighted by Gasteiger charge is -2.23. The zero-order valence-corrected chi connectivity index (χ0v) is 18.4. The molecule has 1 aliphatic rings. The van der Waals surface area contributed by atoms with E-state index in [-0.39, 0.29) is 17.3 Å². The second-order valence-corrected chi connectivity index (χ2v) is 9.57. The van der Waals surface area contributed by atoms with Crippen molar-refractivity contribution in [1.29, 1.82) is 0 Å². The van der Waals surface area contributed by atoms with Gasteiger partial charge in [-0.1, -0.05) is 42.5 Å². The van der Waals surface area contributed by atoms with E-state index >= 15 is 0 Å². The van der Waals surface area contributed by atoms with Gasteiger partial charge in [-0.05, 0) is 49.4 Å². The van der Waals surface area contributed by atoms with Crippen molar-refractivity contribution in [2.45, 2.75) is 24.7 Å². The first kappa shape index (κ1) is 21.3. The van der Waals surface area contributed by atoms with E-state index in [0.717, 1.165) is 29.3 Å². The molecule has 0 saturated carbocycles. The molecule has 0 bridgehead atoms. The van der Waals surface area contributed by atoms with Crippen molar-refractivity contribution in [1.82, 2.24) is 4.31 Å². The Morgan fingerprint density at radius 2 is 1.71 bits per heavy atom. The van der Waals surface area contributed by atoms with Crippen molar-refractivity contribution in [3.05, 3.63) is 66.7 Å². The van der Waals surface area contributed by atoms with E-state index in [1.165, 1.54) is 4.31 Å². The Hall–Kier alpha value is -2.90. The summed E-state index contributed by atoms with van der Waals surface area (Å²) in [5.74, 6) is -0.0772. The summed E-state index contributed by atoms with van der Waals surface area (Å²) in [5.41, 5.74) is 1.49. The third-order valence-corrected chi connectivity index (χ3v) is 7.55. The van der Waals surface area contributed by atoms with Crippen LogP contribution in [0.2, 0.25) is 0 Å². The number of anilines is 2. The van der Waals surface area contributed by atoms with Gasteiger partial charge >= 0.3 is 0 Å². The molecule has 31 heavy (non-hydrogen) atoms. The number of amides is 1. The van der Waals surface area contributed by atoms with Gasteiger partial charge in [0.2, 0.25) is 15.9 Å². The van der Waals surface area contributed by atoms with Gasteiger partial charge in [0, 0.05) is 30.7 Å². The molecule has 1 heterocycles. The molecule has 1 aliphatic heterocycles. The Balaban J connectivity index is 1.50. The van der Waals surface area contributed by atoms with Gasteiger partial charge in [-0.3, -0.25) is 4.79 Å². The van der Waals surface area contributed by atoms with Crippen LogP contribution < -0.4 is 10.2 Å². The number of hydrogen-bond donors (Lipinski definition) is 1. The van der Waals surface area contributed by atoms with Crippen LogP contribution in [-0.4, -0.2) is 44.8 Å². The zero-order valence-electron chi connectivity index (χ0n) is 17.6. The second kappa shape index (κ2) is 9.08. The molecule has 4 rings (SSSR count). The molecular weight excluding hydrogens is 410 g/mol. The Labute approximate surface area is 183 Å². The molecule has 1 fully saturated rings. The summed E-state index contributed by atoms with van der Waals surface area (Å²) in [6.07, 6.45) is 1.79. The van der Waals surface area contributed by atoms with Crippen LogP contribution in [0.25, 0.3) is 10.8 Å². The molecule has 1 amide bonds. The molecule has 1 saturated heterocycles. The number of nitrogens with zero attached hydrogens (tertiary/aromatic N) is 2. The van der Waals surface area contributed by atoms with Crippen molar-refractivity contribution < 1.29 is 13.2 Å². The fraction of sp³-hybridized carbons (Fsp3) is 0.292. The lowest BCUT2D eigenvalue weighted by molar-refractivity contribution is -0.116. The number of fused-ring (bicyclic) bond motifs is 1. The first-order valence-electron chi connectivity index (χ1n) is 10.6. The lowest BCUT2D eigenvalue weighted by Crippen LogP contribution is -2.35. The van der Waals surface area contributed by atoms with Crippen LogP contribution in [0.4, 0.5) is 11.4 Å². The molecule has 1 N–H and O–H groups in total. The molecule has 7 heteroatoms. The number of likely N-dealkylation sites (N-methyl/N-ethyl adjacent to an activating group) is 1. The van der Waals surface area contributed by atoms with Gasteiger partial charge in [-0.15, -0.1) is 0 Å². The van der Waals surface area contributed by atoms with Gasteiger partial charge in [-0.25, -0.2) is 8.42 Å². The number of nitrogens with one attached hydrogen (secondary N) is 1. The number of rotatable bonds is 7. The van der Waals surface area contributed by atoms with Crippen LogP contribution in [0.3, 0.4) is 0 Å².